The van der Waals surface area contributed by atoms with Gasteiger partial charge in [-0.05, 0) is 31.5 Å². The number of nitrogens with zero attached hydrogens (tertiary/aromatic N) is 4. The normalized spacial score (nSPS) is 15.1. The summed E-state index contributed by atoms with van der Waals surface area (Å²) in [5.41, 5.74) is 0.460. The Hall–Kier alpha value is -2.39. The Labute approximate surface area is 154 Å². The summed E-state index contributed by atoms with van der Waals surface area (Å²) in [5, 5.41) is 9.28. The van der Waals surface area contributed by atoms with Crippen LogP contribution in [0.1, 0.15) is 23.7 Å². The van der Waals surface area contributed by atoms with E-state index in [2.05, 4.69) is 4.98 Å². The fourth-order valence-corrected chi connectivity index (χ4v) is 3.26. The quantitative estimate of drug-likeness (QED) is 0.881. The molecule has 1 aliphatic rings. The van der Waals surface area contributed by atoms with Gasteiger partial charge < -0.3 is 5.11 Å². The van der Waals surface area contributed by atoms with Gasteiger partial charge in [-0.25, -0.2) is 4.98 Å². The summed E-state index contributed by atoms with van der Waals surface area (Å²) in [6.45, 7) is 4.20. The summed E-state index contributed by atoms with van der Waals surface area (Å²) in [6.07, 6.45) is -3.95. The van der Waals surface area contributed by atoms with Gasteiger partial charge in [-0.3, -0.25) is 19.2 Å². The van der Waals surface area contributed by atoms with Crippen molar-refractivity contribution in [3.05, 3.63) is 51.4 Å². The van der Waals surface area contributed by atoms with Crippen LogP contribution in [0.15, 0.2) is 29.1 Å². The number of hydrogen-bond donors (Lipinski definition) is 1. The minimum atomic E-state index is -4.47. The molecule has 0 atom stereocenters. The number of aryl methyl sites for hydroxylation is 1. The van der Waals surface area contributed by atoms with E-state index >= 15 is 0 Å². The first-order valence-corrected chi connectivity index (χ1v) is 8.64. The van der Waals surface area contributed by atoms with Crippen LogP contribution in [0.25, 0.3) is 0 Å². The molecule has 1 aromatic carbocycles. The van der Waals surface area contributed by atoms with E-state index in [1.54, 1.807) is 22.8 Å². The number of rotatable bonds is 4. The second-order valence-corrected chi connectivity index (χ2v) is 6.44. The molecule has 2 heterocycles. The average molecular weight is 382 g/mol. The smallest absolute Gasteiger partial charge is 0.395 e. The molecule has 0 radical (unpaired) electrons. The van der Waals surface area contributed by atoms with E-state index in [-0.39, 0.29) is 37.7 Å². The molecule has 9 heteroatoms. The third-order valence-electron chi connectivity index (χ3n) is 4.63. The maximum absolute atomic E-state index is 13.1. The number of hydrogen-bond acceptors (Lipinski definition) is 5. The molecule has 0 bridgehead atoms. The van der Waals surface area contributed by atoms with Crippen molar-refractivity contribution in [1.29, 1.82) is 0 Å². The summed E-state index contributed by atoms with van der Waals surface area (Å²) in [5.74, 6) is 0.309. The molecule has 0 saturated heterocycles. The van der Waals surface area contributed by atoms with Crippen LogP contribution >= 0.6 is 0 Å². The number of β-amino-alcohol motifs (C(OH)–C–C–N with tert-alkyl or cyclic N) is 1. The highest BCUT2D eigenvalue weighted by atomic mass is 19.4. The van der Waals surface area contributed by atoms with Crippen LogP contribution in [0.5, 0.6) is 0 Å². The largest absolute Gasteiger partial charge is 0.416 e. The summed E-state index contributed by atoms with van der Waals surface area (Å²) in [6, 6.07) is 4.93. The van der Waals surface area contributed by atoms with Crippen LogP contribution in [-0.4, -0.2) is 39.4 Å². The molecule has 146 valence electrons. The highest BCUT2D eigenvalue weighted by Gasteiger charge is 2.32. The highest BCUT2D eigenvalue weighted by Crippen LogP contribution is 2.34. The first-order chi connectivity index (χ1) is 12.8. The molecule has 0 unspecified atom stereocenters. The molecule has 27 heavy (non-hydrogen) atoms. The number of anilines is 2. The van der Waals surface area contributed by atoms with Crippen molar-refractivity contribution in [2.24, 2.45) is 0 Å². The van der Waals surface area contributed by atoms with E-state index < -0.39 is 11.7 Å². The van der Waals surface area contributed by atoms with Crippen molar-refractivity contribution in [1.82, 2.24) is 14.5 Å². The summed E-state index contributed by atoms with van der Waals surface area (Å²) < 4.78 is 40.8. The van der Waals surface area contributed by atoms with Gasteiger partial charge in [0.25, 0.3) is 5.56 Å². The van der Waals surface area contributed by atoms with E-state index in [9.17, 15) is 23.1 Å². The molecule has 0 amide bonds. The van der Waals surface area contributed by atoms with E-state index in [0.29, 0.717) is 23.6 Å². The first-order valence-electron chi connectivity index (χ1n) is 8.64. The molecule has 0 fully saturated rings. The molecule has 1 aliphatic heterocycles. The SMILES string of the molecule is CCc1c(C)nc2n(c1=O)CN(CCO)CN2c1cccc(C(F)(F)F)c1. The minimum Gasteiger partial charge on any atom is -0.395 e. The highest BCUT2D eigenvalue weighted by molar-refractivity contribution is 5.59. The second kappa shape index (κ2) is 7.32. The standard InChI is InChI=1S/C18H21F3N4O2/c1-3-15-12(2)22-17-24(10-23(7-8-26)11-25(17)16(15)27)14-6-4-5-13(9-14)18(19,20)21/h4-6,9,26H,3,7-8,10-11H2,1-2H3. The van der Waals surface area contributed by atoms with Gasteiger partial charge in [-0.15, -0.1) is 0 Å². The van der Waals surface area contributed by atoms with Crippen LogP contribution in [0.2, 0.25) is 0 Å². The van der Waals surface area contributed by atoms with Crippen molar-refractivity contribution >= 4 is 11.6 Å². The Balaban J connectivity index is 2.15. The number of alkyl halides is 3. The van der Waals surface area contributed by atoms with Gasteiger partial charge in [0.05, 0.1) is 25.5 Å². The molecule has 2 aromatic rings. The Morgan fingerprint density at radius 1 is 1.26 bits per heavy atom. The summed E-state index contributed by atoms with van der Waals surface area (Å²) in [7, 11) is 0. The van der Waals surface area contributed by atoms with Gasteiger partial charge in [0.15, 0.2) is 0 Å². The Bertz CT molecular complexity index is 895. The van der Waals surface area contributed by atoms with Crippen LogP contribution in [-0.2, 0) is 19.3 Å². The predicted octanol–water partition coefficient (Wildman–Crippen LogP) is 2.49. The van der Waals surface area contributed by atoms with E-state index in [4.69, 9.17) is 0 Å². The minimum absolute atomic E-state index is 0.125. The topological polar surface area (TPSA) is 61.6 Å². The van der Waals surface area contributed by atoms with Crippen molar-refractivity contribution in [2.75, 3.05) is 24.7 Å². The molecule has 1 N–H and O–H groups in total. The molecular formula is C18H21F3N4O2. The lowest BCUT2D eigenvalue weighted by atomic mass is 10.1. The fourth-order valence-electron chi connectivity index (χ4n) is 3.26. The number of aliphatic hydroxyl groups excluding tert-OH is 1. The third-order valence-corrected chi connectivity index (χ3v) is 4.63. The van der Waals surface area contributed by atoms with E-state index in [0.717, 1.165) is 12.1 Å². The summed E-state index contributed by atoms with van der Waals surface area (Å²) in [4.78, 5) is 20.7. The fraction of sp³-hybridized carbons (Fsp3) is 0.444. The van der Waals surface area contributed by atoms with Crippen LogP contribution in [0.4, 0.5) is 24.8 Å². The molecular weight excluding hydrogens is 361 g/mol. The van der Waals surface area contributed by atoms with Gasteiger partial charge >= 0.3 is 6.18 Å². The van der Waals surface area contributed by atoms with Gasteiger partial charge in [-0.1, -0.05) is 13.0 Å². The second-order valence-electron chi connectivity index (χ2n) is 6.44. The van der Waals surface area contributed by atoms with Crippen LogP contribution in [0, 0.1) is 6.92 Å². The zero-order valence-electron chi connectivity index (χ0n) is 15.1. The molecule has 1 aromatic heterocycles. The van der Waals surface area contributed by atoms with Gasteiger partial charge in [0, 0.05) is 23.5 Å². The van der Waals surface area contributed by atoms with E-state index in [1.165, 1.54) is 10.6 Å². The first kappa shape index (κ1) is 19.4. The Kier molecular flexibility index (Phi) is 5.25. The average Bonchev–Trinajstić information content (AvgIpc) is 2.62. The number of aromatic nitrogens is 2. The Morgan fingerprint density at radius 2 is 2.00 bits per heavy atom. The monoisotopic (exact) mass is 382 g/mol. The Morgan fingerprint density at radius 3 is 2.63 bits per heavy atom. The van der Waals surface area contributed by atoms with Crippen molar-refractivity contribution in [3.8, 4) is 0 Å². The van der Waals surface area contributed by atoms with Gasteiger partial charge in [0.1, 0.15) is 0 Å². The number of aliphatic hydroxyl groups is 1. The molecule has 3 rings (SSSR count). The van der Waals surface area contributed by atoms with E-state index in [1.807, 2.05) is 6.92 Å². The zero-order valence-corrected chi connectivity index (χ0v) is 15.1. The van der Waals surface area contributed by atoms with Crippen molar-refractivity contribution in [2.45, 2.75) is 33.1 Å². The third kappa shape index (κ3) is 3.70. The predicted molar refractivity (Wildman–Crippen MR) is 94.9 cm³/mol. The number of halogens is 3. The maximum atomic E-state index is 13.1. The summed E-state index contributed by atoms with van der Waals surface area (Å²) >= 11 is 0. The van der Waals surface area contributed by atoms with Crippen molar-refractivity contribution < 1.29 is 18.3 Å². The lowest BCUT2D eigenvalue weighted by Crippen LogP contribution is -2.48. The molecule has 6 nitrogen and oxygen atoms in total. The van der Waals surface area contributed by atoms with Gasteiger partial charge in [0.2, 0.25) is 5.95 Å². The maximum Gasteiger partial charge on any atom is 0.416 e. The molecule has 0 saturated carbocycles. The molecule has 0 spiro atoms. The zero-order chi connectivity index (χ0) is 19.8. The van der Waals surface area contributed by atoms with Crippen LogP contribution < -0.4 is 10.5 Å². The van der Waals surface area contributed by atoms with Crippen molar-refractivity contribution in [3.63, 3.8) is 0 Å². The number of fused-ring (bicyclic) bond motifs is 1. The van der Waals surface area contributed by atoms with Crippen LogP contribution in [0.3, 0.4) is 0 Å². The lowest BCUT2D eigenvalue weighted by molar-refractivity contribution is -0.137. The number of benzene rings is 1. The van der Waals surface area contributed by atoms with Gasteiger partial charge in [-0.2, -0.15) is 13.2 Å². The lowest BCUT2D eigenvalue weighted by Gasteiger charge is -2.38. The molecule has 0 aliphatic carbocycles.